The van der Waals surface area contributed by atoms with Crippen molar-refractivity contribution in [3.8, 4) is 6.07 Å². The Morgan fingerprint density at radius 3 is 3.11 bits per heavy atom. The van der Waals surface area contributed by atoms with Crippen molar-refractivity contribution >= 4 is 38.4 Å². The van der Waals surface area contributed by atoms with E-state index in [2.05, 4.69) is 31.5 Å². The van der Waals surface area contributed by atoms with Crippen molar-refractivity contribution < 1.29 is 4.79 Å². The van der Waals surface area contributed by atoms with Gasteiger partial charge in [0.15, 0.2) is 0 Å². The number of nitrogens with one attached hydrogen (secondary N) is 2. The zero-order valence-corrected chi connectivity index (χ0v) is 11.6. The van der Waals surface area contributed by atoms with Crippen LogP contribution in [0, 0.1) is 11.3 Å². The summed E-state index contributed by atoms with van der Waals surface area (Å²) in [7, 11) is 0. The van der Waals surface area contributed by atoms with E-state index in [4.69, 9.17) is 5.26 Å². The van der Waals surface area contributed by atoms with Crippen LogP contribution in [0.3, 0.4) is 0 Å². The minimum atomic E-state index is -0.226. The van der Waals surface area contributed by atoms with Crippen LogP contribution in [0.1, 0.15) is 0 Å². The normalized spacial score (nSPS) is 9.89. The minimum absolute atomic E-state index is 0.0151. The van der Waals surface area contributed by atoms with E-state index in [9.17, 15) is 4.79 Å². The first kappa shape index (κ1) is 13.3. The fourth-order valence-electron chi connectivity index (χ4n) is 1.65. The van der Waals surface area contributed by atoms with Gasteiger partial charge < -0.3 is 10.6 Å². The summed E-state index contributed by atoms with van der Waals surface area (Å²) >= 11 is 3.37. The summed E-state index contributed by atoms with van der Waals surface area (Å²) in [6.07, 6.45) is 1.71. The van der Waals surface area contributed by atoms with E-state index in [0.717, 1.165) is 21.1 Å². The molecule has 96 valence electrons. The highest BCUT2D eigenvalue weighted by Gasteiger charge is 2.05. The van der Waals surface area contributed by atoms with Crippen LogP contribution in [0.25, 0.3) is 10.9 Å². The van der Waals surface area contributed by atoms with Gasteiger partial charge in [0.05, 0.1) is 23.8 Å². The second-order valence-corrected chi connectivity index (χ2v) is 4.73. The lowest BCUT2D eigenvalue weighted by Gasteiger charge is -2.08. The Hall–Kier alpha value is -2.13. The van der Waals surface area contributed by atoms with Crippen molar-refractivity contribution in [1.29, 1.82) is 5.26 Å². The number of pyridine rings is 1. The molecule has 1 amide bonds. The van der Waals surface area contributed by atoms with Crippen molar-refractivity contribution in [2.24, 2.45) is 0 Å². The number of halogens is 1. The topological polar surface area (TPSA) is 77.8 Å². The molecule has 0 saturated carbocycles. The number of hydrogen-bond donors (Lipinski definition) is 2. The molecular formula is C13H11BrN4O. The number of nitriles is 1. The predicted octanol–water partition coefficient (Wildman–Crippen LogP) is 2.05. The maximum absolute atomic E-state index is 11.4. The number of amides is 1. The van der Waals surface area contributed by atoms with Gasteiger partial charge in [0.1, 0.15) is 6.54 Å². The summed E-state index contributed by atoms with van der Waals surface area (Å²) in [4.78, 5) is 15.7. The number of anilines is 1. The number of rotatable bonds is 4. The summed E-state index contributed by atoms with van der Waals surface area (Å²) in [5.74, 6) is -0.226. The van der Waals surface area contributed by atoms with E-state index in [1.165, 1.54) is 0 Å². The average Bonchev–Trinajstić information content (AvgIpc) is 2.42. The summed E-state index contributed by atoms with van der Waals surface area (Å²) in [5, 5.41) is 14.8. The number of benzene rings is 1. The fraction of sp³-hybridized carbons (Fsp3) is 0.154. The molecule has 0 fully saturated rings. The van der Waals surface area contributed by atoms with Gasteiger partial charge in [-0.05, 0) is 28.1 Å². The zero-order chi connectivity index (χ0) is 13.7. The highest BCUT2D eigenvalue weighted by atomic mass is 79.9. The smallest absolute Gasteiger partial charge is 0.240 e. The SMILES string of the molecule is N#CCNC(=O)CNc1cccc2cc(Br)cnc12. The van der Waals surface area contributed by atoms with E-state index in [-0.39, 0.29) is 19.0 Å². The highest BCUT2D eigenvalue weighted by molar-refractivity contribution is 9.10. The number of carbonyl (C=O) groups excluding carboxylic acids is 1. The van der Waals surface area contributed by atoms with E-state index < -0.39 is 0 Å². The Balaban J connectivity index is 2.13. The lowest BCUT2D eigenvalue weighted by Crippen LogP contribution is -2.30. The Morgan fingerprint density at radius 2 is 2.32 bits per heavy atom. The van der Waals surface area contributed by atoms with Crippen LogP contribution in [0.2, 0.25) is 0 Å². The first-order valence-corrected chi connectivity index (χ1v) is 6.42. The second-order valence-electron chi connectivity index (χ2n) is 3.82. The molecule has 6 heteroatoms. The predicted molar refractivity (Wildman–Crippen MR) is 76.6 cm³/mol. The number of fused-ring (bicyclic) bond motifs is 1. The number of para-hydroxylation sites is 1. The van der Waals surface area contributed by atoms with Crippen molar-refractivity contribution in [2.75, 3.05) is 18.4 Å². The van der Waals surface area contributed by atoms with Gasteiger partial charge in [-0.1, -0.05) is 12.1 Å². The zero-order valence-electron chi connectivity index (χ0n) is 9.98. The van der Waals surface area contributed by atoms with E-state index in [1.54, 1.807) is 6.20 Å². The first-order valence-electron chi connectivity index (χ1n) is 5.62. The average molecular weight is 319 g/mol. The molecule has 5 nitrogen and oxygen atoms in total. The third-order valence-corrected chi connectivity index (χ3v) is 2.92. The number of aromatic nitrogens is 1. The molecule has 2 aromatic rings. The molecule has 0 atom stereocenters. The standard InChI is InChI=1S/C13H11BrN4O/c14-10-6-9-2-1-3-11(13(9)18-7-10)17-8-12(19)16-5-4-15/h1-3,6-7,17H,5,8H2,(H,16,19). The van der Waals surface area contributed by atoms with Crippen molar-refractivity contribution in [2.45, 2.75) is 0 Å². The lowest BCUT2D eigenvalue weighted by atomic mass is 10.2. The maximum atomic E-state index is 11.4. The van der Waals surface area contributed by atoms with Gasteiger partial charge in [-0.2, -0.15) is 5.26 Å². The van der Waals surface area contributed by atoms with Crippen LogP contribution >= 0.6 is 15.9 Å². The van der Waals surface area contributed by atoms with Gasteiger partial charge in [0, 0.05) is 16.1 Å². The Morgan fingerprint density at radius 1 is 1.47 bits per heavy atom. The van der Waals surface area contributed by atoms with Gasteiger partial charge in [0.25, 0.3) is 0 Å². The molecule has 19 heavy (non-hydrogen) atoms. The van der Waals surface area contributed by atoms with Gasteiger partial charge in [-0.25, -0.2) is 0 Å². The fourth-order valence-corrected chi connectivity index (χ4v) is 2.00. The van der Waals surface area contributed by atoms with Crippen LogP contribution in [0.5, 0.6) is 0 Å². The van der Waals surface area contributed by atoms with E-state index in [0.29, 0.717) is 0 Å². The summed E-state index contributed by atoms with van der Waals surface area (Å²) in [6.45, 7) is 0.125. The van der Waals surface area contributed by atoms with Gasteiger partial charge in [-0.3, -0.25) is 9.78 Å². The van der Waals surface area contributed by atoms with Crippen LogP contribution < -0.4 is 10.6 Å². The van der Waals surface area contributed by atoms with E-state index in [1.807, 2.05) is 30.3 Å². The molecule has 1 heterocycles. The molecule has 0 aliphatic carbocycles. The monoisotopic (exact) mass is 318 g/mol. The van der Waals surface area contributed by atoms with Gasteiger partial charge in [-0.15, -0.1) is 0 Å². The minimum Gasteiger partial charge on any atom is -0.374 e. The third kappa shape index (κ3) is 3.42. The van der Waals surface area contributed by atoms with Crippen LogP contribution in [-0.4, -0.2) is 24.0 Å². The van der Waals surface area contributed by atoms with Crippen LogP contribution in [-0.2, 0) is 4.79 Å². The lowest BCUT2D eigenvalue weighted by molar-refractivity contribution is -0.119. The number of carbonyl (C=O) groups is 1. The van der Waals surface area contributed by atoms with Crippen molar-refractivity contribution in [1.82, 2.24) is 10.3 Å². The third-order valence-electron chi connectivity index (χ3n) is 2.48. The molecule has 0 spiro atoms. The van der Waals surface area contributed by atoms with Crippen molar-refractivity contribution in [3.05, 3.63) is 34.9 Å². The number of nitrogens with zero attached hydrogens (tertiary/aromatic N) is 2. The summed E-state index contributed by atoms with van der Waals surface area (Å²) in [6, 6.07) is 9.53. The second kappa shape index (κ2) is 6.16. The molecule has 2 rings (SSSR count). The molecule has 1 aromatic heterocycles. The molecule has 0 saturated heterocycles. The van der Waals surface area contributed by atoms with Crippen LogP contribution in [0.4, 0.5) is 5.69 Å². The summed E-state index contributed by atoms with van der Waals surface area (Å²) < 4.78 is 0.906. The molecule has 0 radical (unpaired) electrons. The van der Waals surface area contributed by atoms with Crippen molar-refractivity contribution in [3.63, 3.8) is 0 Å². The van der Waals surface area contributed by atoms with Gasteiger partial charge in [0.2, 0.25) is 5.91 Å². The Kier molecular flexibility index (Phi) is 4.31. The molecule has 0 aliphatic rings. The first-order chi connectivity index (χ1) is 9.20. The number of hydrogen-bond acceptors (Lipinski definition) is 4. The molecular weight excluding hydrogens is 308 g/mol. The largest absolute Gasteiger partial charge is 0.374 e. The Bertz CT molecular complexity index is 651. The van der Waals surface area contributed by atoms with Gasteiger partial charge >= 0.3 is 0 Å². The molecule has 0 unspecified atom stereocenters. The Labute approximate surface area is 118 Å². The molecule has 0 aliphatic heterocycles. The maximum Gasteiger partial charge on any atom is 0.240 e. The van der Waals surface area contributed by atoms with Crippen LogP contribution in [0.15, 0.2) is 34.9 Å². The molecule has 0 bridgehead atoms. The quantitative estimate of drug-likeness (QED) is 0.846. The summed E-state index contributed by atoms with van der Waals surface area (Å²) in [5.41, 5.74) is 1.59. The molecule has 1 aromatic carbocycles. The highest BCUT2D eigenvalue weighted by Crippen LogP contribution is 2.23. The molecule has 2 N–H and O–H groups in total. The van der Waals surface area contributed by atoms with E-state index >= 15 is 0 Å².